The molecule has 0 spiro atoms. The Balaban J connectivity index is 1.33. The minimum Gasteiger partial charge on any atom is -0.378 e. The van der Waals surface area contributed by atoms with Gasteiger partial charge in [0.1, 0.15) is 0 Å². The highest BCUT2D eigenvalue weighted by Gasteiger charge is 2.34. The van der Waals surface area contributed by atoms with E-state index in [9.17, 15) is 0 Å². The van der Waals surface area contributed by atoms with Gasteiger partial charge in [-0.05, 0) is 80.8 Å². The molecule has 0 amide bonds. The molecule has 3 fully saturated rings. The summed E-state index contributed by atoms with van der Waals surface area (Å²) < 4.78 is 42.3. The van der Waals surface area contributed by atoms with E-state index in [0.29, 0.717) is 29.8 Å². The van der Waals surface area contributed by atoms with E-state index < -0.39 is 11.6 Å². The summed E-state index contributed by atoms with van der Waals surface area (Å²) in [6.45, 7) is 5.68. The maximum absolute atomic E-state index is 15.1. The van der Waals surface area contributed by atoms with Crippen molar-refractivity contribution < 1.29 is 18.3 Å². The maximum atomic E-state index is 15.1. The van der Waals surface area contributed by atoms with Crippen molar-refractivity contribution in [1.82, 2.24) is 0 Å². The van der Waals surface area contributed by atoms with Crippen molar-refractivity contribution in [3.63, 3.8) is 0 Å². The minimum atomic E-state index is -0.634. The molecule has 0 N–H and O–H groups in total. The van der Waals surface area contributed by atoms with E-state index in [2.05, 4.69) is 13.8 Å². The number of ether oxygens (including phenoxy) is 2. The summed E-state index contributed by atoms with van der Waals surface area (Å²) >= 11 is 0. The molecule has 1 aromatic rings. The summed E-state index contributed by atoms with van der Waals surface area (Å²) in [4.78, 5) is 0. The molecule has 174 valence electrons. The van der Waals surface area contributed by atoms with Gasteiger partial charge in [-0.15, -0.1) is 0 Å². The predicted molar refractivity (Wildman–Crippen MR) is 120 cm³/mol. The molecule has 4 atom stereocenters. The van der Waals surface area contributed by atoms with E-state index in [1.54, 1.807) is 0 Å². The number of benzene rings is 1. The Morgan fingerprint density at radius 3 is 2.00 bits per heavy atom. The Bertz CT molecular complexity index is 697. The second-order valence-electron chi connectivity index (χ2n) is 10.2. The molecular formula is C27H40F2O2. The van der Waals surface area contributed by atoms with Crippen molar-refractivity contribution >= 4 is 0 Å². The molecule has 1 aromatic carbocycles. The molecule has 1 aliphatic carbocycles. The Kier molecular flexibility index (Phi) is 8.03. The van der Waals surface area contributed by atoms with Gasteiger partial charge in [0.15, 0.2) is 11.6 Å². The number of hydrogen-bond acceptors (Lipinski definition) is 2. The van der Waals surface area contributed by atoms with Gasteiger partial charge in [0.05, 0.1) is 25.4 Å². The molecular weight excluding hydrogens is 394 g/mol. The number of hydrogen-bond donors (Lipinski definition) is 0. The fourth-order valence-corrected chi connectivity index (χ4v) is 6.15. The average molecular weight is 435 g/mol. The van der Waals surface area contributed by atoms with Crippen LogP contribution in [0.3, 0.4) is 0 Å². The van der Waals surface area contributed by atoms with Crippen LogP contribution in [0.15, 0.2) is 12.1 Å². The second-order valence-corrected chi connectivity index (χ2v) is 10.2. The lowest BCUT2D eigenvalue weighted by Gasteiger charge is -2.38. The first-order chi connectivity index (χ1) is 15.1. The van der Waals surface area contributed by atoms with Gasteiger partial charge in [-0.3, -0.25) is 0 Å². The van der Waals surface area contributed by atoms with Gasteiger partial charge in [0.25, 0.3) is 0 Å². The molecule has 3 aliphatic rings. The van der Waals surface area contributed by atoms with Crippen LogP contribution in [0.1, 0.15) is 107 Å². The van der Waals surface area contributed by atoms with Crippen LogP contribution in [0.4, 0.5) is 8.78 Å². The van der Waals surface area contributed by atoms with Crippen LogP contribution in [0.5, 0.6) is 0 Å². The second kappa shape index (κ2) is 10.7. The average Bonchev–Trinajstić information content (AvgIpc) is 2.82. The highest BCUT2D eigenvalue weighted by atomic mass is 19.2. The Labute approximate surface area is 187 Å². The van der Waals surface area contributed by atoms with Crippen molar-refractivity contribution in [3.8, 4) is 0 Å². The maximum Gasteiger partial charge on any atom is 0.162 e. The van der Waals surface area contributed by atoms with Crippen LogP contribution in [-0.2, 0) is 9.47 Å². The summed E-state index contributed by atoms with van der Waals surface area (Å²) in [5, 5.41) is 0. The summed E-state index contributed by atoms with van der Waals surface area (Å²) in [5.74, 6) is 0.0704. The van der Waals surface area contributed by atoms with Crippen LogP contribution in [-0.4, -0.2) is 25.4 Å². The number of halogens is 2. The molecule has 2 aliphatic heterocycles. The van der Waals surface area contributed by atoms with Gasteiger partial charge >= 0.3 is 0 Å². The SMILES string of the molecule is CCCC1CCC(C2CCC(c3ccc(C4CCC(CC)CC4)c(F)c3F)CO2)CO1. The summed E-state index contributed by atoms with van der Waals surface area (Å²) in [6.07, 6.45) is 12.3. The van der Waals surface area contributed by atoms with Crippen molar-refractivity contribution in [2.24, 2.45) is 11.8 Å². The van der Waals surface area contributed by atoms with Gasteiger partial charge < -0.3 is 9.47 Å². The zero-order chi connectivity index (χ0) is 21.8. The first-order valence-electron chi connectivity index (χ1n) is 12.8. The van der Waals surface area contributed by atoms with Gasteiger partial charge in [-0.25, -0.2) is 8.78 Å². The van der Waals surface area contributed by atoms with E-state index in [-0.39, 0.29) is 17.9 Å². The molecule has 0 radical (unpaired) electrons. The standard InChI is InChI=1S/C27H40F2O2/c1-3-5-22-12-10-21(17-30-22)25-15-11-20(16-31-25)24-14-13-23(26(28)27(24)29)19-8-6-18(4-2)7-9-19/h13-14,18-22,25H,3-12,15-17H2,1-2H3. The molecule has 4 unspecified atom stereocenters. The van der Waals surface area contributed by atoms with Crippen LogP contribution < -0.4 is 0 Å². The Morgan fingerprint density at radius 2 is 1.45 bits per heavy atom. The summed E-state index contributed by atoms with van der Waals surface area (Å²) in [7, 11) is 0. The Hall–Kier alpha value is -1.00. The first-order valence-corrected chi connectivity index (χ1v) is 12.8. The quantitative estimate of drug-likeness (QED) is 0.461. The van der Waals surface area contributed by atoms with Crippen molar-refractivity contribution in [1.29, 1.82) is 0 Å². The normalized spacial score (nSPS) is 34.6. The molecule has 0 aromatic heterocycles. The smallest absolute Gasteiger partial charge is 0.162 e. The highest BCUT2D eigenvalue weighted by Crippen LogP contribution is 2.41. The lowest BCUT2D eigenvalue weighted by molar-refractivity contribution is -0.0966. The van der Waals surface area contributed by atoms with Gasteiger partial charge in [0, 0.05) is 11.8 Å². The van der Waals surface area contributed by atoms with E-state index in [0.717, 1.165) is 76.7 Å². The molecule has 1 saturated carbocycles. The van der Waals surface area contributed by atoms with Crippen LogP contribution >= 0.6 is 0 Å². The van der Waals surface area contributed by atoms with Crippen molar-refractivity contribution in [2.75, 3.05) is 13.2 Å². The molecule has 0 bridgehead atoms. The molecule has 4 rings (SSSR count). The van der Waals surface area contributed by atoms with Crippen LogP contribution in [0.25, 0.3) is 0 Å². The van der Waals surface area contributed by atoms with E-state index in [1.165, 1.54) is 6.42 Å². The molecule has 2 saturated heterocycles. The third-order valence-corrected chi connectivity index (χ3v) is 8.30. The highest BCUT2D eigenvalue weighted by molar-refractivity contribution is 5.32. The van der Waals surface area contributed by atoms with E-state index in [4.69, 9.17) is 9.47 Å². The van der Waals surface area contributed by atoms with E-state index >= 15 is 8.78 Å². The summed E-state index contributed by atoms with van der Waals surface area (Å²) in [6, 6.07) is 3.70. The third kappa shape index (κ3) is 5.33. The lowest BCUT2D eigenvalue weighted by atomic mass is 9.77. The van der Waals surface area contributed by atoms with Crippen molar-refractivity contribution in [2.45, 2.75) is 109 Å². The zero-order valence-electron chi connectivity index (χ0n) is 19.4. The van der Waals surface area contributed by atoms with Gasteiger partial charge in [-0.1, -0.05) is 38.8 Å². The number of rotatable bonds is 6. The Morgan fingerprint density at radius 1 is 0.774 bits per heavy atom. The van der Waals surface area contributed by atoms with Gasteiger partial charge in [0.2, 0.25) is 0 Å². The van der Waals surface area contributed by atoms with E-state index in [1.807, 2.05) is 12.1 Å². The largest absolute Gasteiger partial charge is 0.378 e. The molecule has 31 heavy (non-hydrogen) atoms. The molecule has 2 heterocycles. The fraction of sp³-hybridized carbons (Fsp3) is 0.778. The first kappa shape index (κ1) is 23.2. The third-order valence-electron chi connectivity index (χ3n) is 8.30. The minimum absolute atomic E-state index is 0.0482. The molecule has 2 nitrogen and oxygen atoms in total. The van der Waals surface area contributed by atoms with Crippen LogP contribution in [0.2, 0.25) is 0 Å². The summed E-state index contributed by atoms with van der Waals surface area (Å²) in [5.41, 5.74) is 1.09. The van der Waals surface area contributed by atoms with Crippen molar-refractivity contribution in [3.05, 3.63) is 34.9 Å². The van der Waals surface area contributed by atoms with Crippen LogP contribution in [0, 0.1) is 23.5 Å². The zero-order valence-corrected chi connectivity index (χ0v) is 19.4. The molecule has 4 heteroatoms. The fourth-order valence-electron chi connectivity index (χ4n) is 6.15. The monoisotopic (exact) mass is 434 g/mol. The predicted octanol–water partition coefficient (Wildman–Crippen LogP) is 7.51. The van der Waals surface area contributed by atoms with Gasteiger partial charge in [-0.2, -0.15) is 0 Å². The lowest BCUT2D eigenvalue weighted by Crippen LogP contribution is -2.38. The topological polar surface area (TPSA) is 18.5 Å².